The number of hydrogen-bond donors (Lipinski definition) is 1. The number of fused-ring (bicyclic) bond motifs is 1. The summed E-state index contributed by atoms with van der Waals surface area (Å²) in [7, 11) is 1.53. The highest BCUT2D eigenvalue weighted by Crippen LogP contribution is 2.29. The number of carbonyl (C=O) groups is 2. The van der Waals surface area contributed by atoms with Crippen molar-refractivity contribution in [2.45, 2.75) is 20.3 Å². The van der Waals surface area contributed by atoms with Crippen LogP contribution < -0.4 is 10.1 Å². The highest BCUT2D eigenvalue weighted by Gasteiger charge is 2.25. The Balaban J connectivity index is 1.82. The molecule has 1 N–H and O–H groups in total. The zero-order valence-corrected chi connectivity index (χ0v) is 17.2. The molecule has 3 aromatic rings. The van der Waals surface area contributed by atoms with Gasteiger partial charge in [-0.2, -0.15) is 0 Å². The zero-order chi connectivity index (χ0) is 22.7. The standard InChI is InChI=1S/C22H21F3N2O4/c1-4-9-27(11-18(28)26-16-7-6-15(23)19(24)20(16)25)22(29)21-12(2)14-10-13(30-3)5-8-17(14)31-21/h5-8,10H,4,9,11H2,1-3H3,(H,26,28). The summed E-state index contributed by atoms with van der Waals surface area (Å²) >= 11 is 0. The van der Waals surface area contributed by atoms with Crippen LogP contribution in [-0.4, -0.2) is 36.9 Å². The predicted octanol–water partition coefficient (Wildman–Crippen LogP) is 4.66. The molecular formula is C22H21F3N2O4. The van der Waals surface area contributed by atoms with Crippen molar-refractivity contribution >= 4 is 28.5 Å². The van der Waals surface area contributed by atoms with Gasteiger partial charge in [0, 0.05) is 17.5 Å². The van der Waals surface area contributed by atoms with Crippen molar-refractivity contribution in [3.63, 3.8) is 0 Å². The minimum atomic E-state index is -1.69. The number of nitrogens with zero attached hydrogens (tertiary/aromatic N) is 1. The number of ether oxygens (including phenoxy) is 1. The van der Waals surface area contributed by atoms with Gasteiger partial charge in [-0.25, -0.2) is 13.2 Å². The lowest BCUT2D eigenvalue weighted by atomic mass is 10.1. The molecule has 0 bridgehead atoms. The number of benzene rings is 2. The maximum absolute atomic E-state index is 13.8. The number of furan rings is 1. The van der Waals surface area contributed by atoms with E-state index in [2.05, 4.69) is 5.32 Å². The predicted molar refractivity (Wildman–Crippen MR) is 109 cm³/mol. The Labute approximate surface area is 176 Å². The second-order valence-corrected chi connectivity index (χ2v) is 6.92. The van der Waals surface area contributed by atoms with Crippen molar-refractivity contribution < 1.29 is 31.9 Å². The third-order valence-electron chi connectivity index (χ3n) is 4.76. The van der Waals surface area contributed by atoms with E-state index in [1.807, 2.05) is 6.92 Å². The summed E-state index contributed by atoms with van der Waals surface area (Å²) in [6.45, 7) is 3.35. The molecule has 0 spiro atoms. The molecule has 0 unspecified atom stereocenters. The zero-order valence-electron chi connectivity index (χ0n) is 17.2. The van der Waals surface area contributed by atoms with E-state index in [-0.39, 0.29) is 12.3 Å². The third kappa shape index (κ3) is 4.50. The van der Waals surface area contributed by atoms with Gasteiger partial charge >= 0.3 is 0 Å². The molecule has 2 aromatic carbocycles. The molecule has 1 heterocycles. The highest BCUT2D eigenvalue weighted by atomic mass is 19.2. The highest BCUT2D eigenvalue weighted by molar-refractivity contribution is 6.02. The molecule has 9 heteroatoms. The summed E-state index contributed by atoms with van der Waals surface area (Å²) in [5.41, 5.74) is 0.568. The van der Waals surface area contributed by atoms with Crippen molar-refractivity contribution in [2.24, 2.45) is 0 Å². The Kier molecular flexibility index (Phi) is 6.53. The van der Waals surface area contributed by atoms with Crippen LogP contribution in [0.2, 0.25) is 0 Å². The van der Waals surface area contributed by atoms with Crippen LogP contribution >= 0.6 is 0 Å². The molecule has 0 saturated carbocycles. The van der Waals surface area contributed by atoms with E-state index in [0.29, 0.717) is 34.8 Å². The first-order valence-corrected chi connectivity index (χ1v) is 9.56. The average molecular weight is 434 g/mol. The van der Waals surface area contributed by atoms with Crippen molar-refractivity contribution in [1.29, 1.82) is 0 Å². The number of anilines is 1. The van der Waals surface area contributed by atoms with Gasteiger partial charge in [-0.15, -0.1) is 0 Å². The maximum Gasteiger partial charge on any atom is 0.290 e. The fourth-order valence-electron chi connectivity index (χ4n) is 3.18. The van der Waals surface area contributed by atoms with Gasteiger partial charge < -0.3 is 19.4 Å². The molecule has 2 amide bonds. The Morgan fingerprint density at radius 2 is 1.87 bits per heavy atom. The van der Waals surface area contributed by atoms with Crippen LogP contribution in [0.4, 0.5) is 18.9 Å². The van der Waals surface area contributed by atoms with E-state index < -0.39 is 41.5 Å². The van der Waals surface area contributed by atoms with Gasteiger partial charge in [0.05, 0.1) is 12.8 Å². The molecule has 164 valence electrons. The maximum atomic E-state index is 13.8. The summed E-state index contributed by atoms with van der Waals surface area (Å²) in [5.74, 6) is -5.17. The van der Waals surface area contributed by atoms with Gasteiger partial charge in [0.2, 0.25) is 5.91 Å². The number of methoxy groups -OCH3 is 1. The fraction of sp³-hybridized carbons (Fsp3) is 0.273. The number of halogens is 3. The van der Waals surface area contributed by atoms with Crippen LogP contribution in [0.5, 0.6) is 5.75 Å². The summed E-state index contributed by atoms with van der Waals surface area (Å²) in [5, 5.41) is 2.87. The number of amides is 2. The first-order chi connectivity index (χ1) is 14.8. The smallest absolute Gasteiger partial charge is 0.290 e. The topological polar surface area (TPSA) is 71.8 Å². The first kappa shape index (κ1) is 22.2. The van der Waals surface area contributed by atoms with E-state index in [1.54, 1.807) is 25.1 Å². The second kappa shape index (κ2) is 9.11. The number of nitrogens with one attached hydrogen (secondary N) is 1. The third-order valence-corrected chi connectivity index (χ3v) is 4.76. The Bertz CT molecular complexity index is 1140. The van der Waals surface area contributed by atoms with Gasteiger partial charge in [-0.05, 0) is 43.7 Å². The van der Waals surface area contributed by atoms with Gasteiger partial charge in [0.15, 0.2) is 23.2 Å². The van der Waals surface area contributed by atoms with Crippen molar-refractivity contribution in [3.8, 4) is 5.75 Å². The number of hydrogen-bond acceptors (Lipinski definition) is 4. The molecular weight excluding hydrogens is 413 g/mol. The van der Waals surface area contributed by atoms with Crippen molar-refractivity contribution in [1.82, 2.24) is 4.90 Å². The van der Waals surface area contributed by atoms with Crippen LogP contribution in [0, 0.1) is 24.4 Å². The van der Waals surface area contributed by atoms with Crippen LogP contribution in [-0.2, 0) is 4.79 Å². The fourth-order valence-corrected chi connectivity index (χ4v) is 3.18. The van der Waals surface area contributed by atoms with E-state index >= 15 is 0 Å². The summed E-state index contributed by atoms with van der Waals surface area (Å²) in [6, 6.07) is 6.74. The molecule has 1 aromatic heterocycles. The molecule has 0 aliphatic rings. The molecule has 0 atom stereocenters. The van der Waals surface area contributed by atoms with Crippen LogP contribution in [0.3, 0.4) is 0 Å². The van der Waals surface area contributed by atoms with Crippen LogP contribution in [0.25, 0.3) is 11.0 Å². The SMILES string of the molecule is CCCN(CC(=O)Nc1ccc(F)c(F)c1F)C(=O)c1oc2ccc(OC)cc2c1C. The van der Waals surface area contributed by atoms with Gasteiger partial charge in [-0.1, -0.05) is 6.92 Å². The number of carbonyl (C=O) groups excluding carboxylic acids is 2. The second-order valence-electron chi connectivity index (χ2n) is 6.92. The van der Waals surface area contributed by atoms with Gasteiger partial charge in [-0.3, -0.25) is 9.59 Å². The quantitative estimate of drug-likeness (QED) is 0.549. The molecule has 31 heavy (non-hydrogen) atoms. The average Bonchev–Trinajstić information content (AvgIpc) is 3.09. The van der Waals surface area contributed by atoms with E-state index in [1.165, 1.54) is 12.0 Å². The van der Waals surface area contributed by atoms with E-state index in [0.717, 1.165) is 6.07 Å². The largest absolute Gasteiger partial charge is 0.497 e. The Hall–Kier alpha value is -3.49. The Morgan fingerprint density at radius 3 is 2.55 bits per heavy atom. The molecule has 0 aliphatic heterocycles. The summed E-state index contributed by atoms with van der Waals surface area (Å²) < 4.78 is 51.2. The number of aryl methyl sites for hydroxylation is 1. The van der Waals surface area contributed by atoms with Crippen LogP contribution in [0.15, 0.2) is 34.7 Å². The monoisotopic (exact) mass is 434 g/mol. The summed E-state index contributed by atoms with van der Waals surface area (Å²) in [6.07, 6.45) is 0.547. The lowest BCUT2D eigenvalue weighted by Gasteiger charge is -2.21. The van der Waals surface area contributed by atoms with E-state index in [4.69, 9.17) is 9.15 Å². The molecule has 0 saturated heterocycles. The first-order valence-electron chi connectivity index (χ1n) is 9.56. The van der Waals surface area contributed by atoms with Crippen molar-refractivity contribution in [3.05, 3.63) is 59.1 Å². The normalized spacial score (nSPS) is 10.9. The Morgan fingerprint density at radius 1 is 1.13 bits per heavy atom. The van der Waals surface area contributed by atoms with Gasteiger partial charge in [0.1, 0.15) is 17.9 Å². The number of rotatable bonds is 7. The minimum Gasteiger partial charge on any atom is -0.497 e. The minimum absolute atomic E-state index is 0.0727. The van der Waals surface area contributed by atoms with Gasteiger partial charge in [0.25, 0.3) is 5.91 Å². The van der Waals surface area contributed by atoms with Crippen LogP contribution in [0.1, 0.15) is 29.5 Å². The lowest BCUT2D eigenvalue weighted by Crippen LogP contribution is -2.38. The molecule has 6 nitrogen and oxygen atoms in total. The van der Waals surface area contributed by atoms with Crippen molar-refractivity contribution in [2.75, 3.05) is 25.5 Å². The molecule has 3 rings (SSSR count). The summed E-state index contributed by atoms with van der Waals surface area (Å²) in [4.78, 5) is 26.7. The molecule has 0 fully saturated rings. The molecule has 0 aliphatic carbocycles. The lowest BCUT2D eigenvalue weighted by molar-refractivity contribution is -0.116. The molecule has 0 radical (unpaired) electrons. The van der Waals surface area contributed by atoms with E-state index in [9.17, 15) is 22.8 Å².